The maximum atomic E-state index is 12.8. The molecule has 0 unspecified atom stereocenters. The highest BCUT2D eigenvalue weighted by Gasteiger charge is 2.13. The van der Waals surface area contributed by atoms with Crippen LogP contribution in [0.5, 0.6) is 0 Å². The SMILES string of the molecule is N=C(N)c1cccc(CNS(=O)(=O)c2ccc(F)cc2)c1. The van der Waals surface area contributed by atoms with E-state index in [0.29, 0.717) is 11.1 Å². The van der Waals surface area contributed by atoms with Crippen LogP contribution in [-0.4, -0.2) is 14.3 Å². The molecule has 0 heterocycles. The molecule has 2 rings (SSSR count). The summed E-state index contributed by atoms with van der Waals surface area (Å²) in [6, 6.07) is 11.3. The molecular formula is C14H14FN3O2S. The summed E-state index contributed by atoms with van der Waals surface area (Å²) in [5.41, 5.74) is 6.58. The van der Waals surface area contributed by atoms with Crippen molar-refractivity contribution < 1.29 is 12.8 Å². The van der Waals surface area contributed by atoms with Crippen LogP contribution in [0, 0.1) is 11.2 Å². The lowest BCUT2D eigenvalue weighted by molar-refractivity contribution is 0.580. The smallest absolute Gasteiger partial charge is 0.240 e. The maximum Gasteiger partial charge on any atom is 0.240 e. The zero-order valence-electron chi connectivity index (χ0n) is 11.0. The van der Waals surface area contributed by atoms with Crippen molar-refractivity contribution in [3.05, 3.63) is 65.5 Å². The van der Waals surface area contributed by atoms with Crippen molar-refractivity contribution in [3.63, 3.8) is 0 Å². The van der Waals surface area contributed by atoms with E-state index in [1.54, 1.807) is 24.3 Å². The Hall–Kier alpha value is -2.25. The molecule has 0 atom stereocenters. The molecule has 0 fully saturated rings. The Bertz CT molecular complexity index is 758. The molecule has 0 aliphatic carbocycles. The average Bonchev–Trinajstić information content (AvgIpc) is 2.46. The standard InChI is InChI=1S/C14H14FN3O2S/c15-12-4-6-13(7-5-12)21(19,20)18-9-10-2-1-3-11(8-10)14(16)17/h1-8,18H,9H2,(H3,16,17). The zero-order valence-corrected chi connectivity index (χ0v) is 11.8. The number of nitrogen functional groups attached to an aromatic ring is 1. The molecule has 4 N–H and O–H groups in total. The van der Waals surface area contributed by atoms with E-state index >= 15 is 0 Å². The van der Waals surface area contributed by atoms with E-state index in [9.17, 15) is 12.8 Å². The van der Waals surface area contributed by atoms with E-state index in [-0.39, 0.29) is 17.3 Å². The summed E-state index contributed by atoms with van der Waals surface area (Å²) in [6.07, 6.45) is 0. The second-order valence-corrected chi connectivity index (χ2v) is 6.16. The molecule has 2 aromatic rings. The van der Waals surface area contributed by atoms with Gasteiger partial charge in [-0.05, 0) is 35.9 Å². The number of halogens is 1. The van der Waals surface area contributed by atoms with Crippen LogP contribution in [-0.2, 0) is 16.6 Å². The highest BCUT2D eigenvalue weighted by Crippen LogP contribution is 2.11. The fourth-order valence-electron chi connectivity index (χ4n) is 1.72. The minimum atomic E-state index is -3.71. The van der Waals surface area contributed by atoms with Crippen LogP contribution in [0.25, 0.3) is 0 Å². The molecule has 0 spiro atoms. The molecule has 21 heavy (non-hydrogen) atoms. The maximum absolute atomic E-state index is 12.8. The first-order chi connectivity index (χ1) is 9.88. The number of nitrogens with two attached hydrogens (primary N) is 1. The van der Waals surface area contributed by atoms with E-state index < -0.39 is 15.8 Å². The van der Waals surface area contributed by atoms with Gasteiger partial charge < -0.3 is 5.73 Å². The molecule has 0 saturated carbocycles. The number of hydrogen-bond acceptors (Lipinski definition) is 3. The summed E-state index contributed by atoms with van der Waals surface area (Å²) < 4.78 is 39.3. The highest BCUT2D eigenvalue weighted by molar-refractivity contribution is 7.89. The number of amidine groups is 1. The molecule has 0 amide bonds. The Balaban J connectivity index is 2.13. The van der Waals surface area contributed by atoms with Crippen molar-refractivity contribution in [1.82, 2.24) is 4.72 Å². The van der Waals surface area contributed by atoms with Gasteiger partial charge in [0.25, 0.3) is 0 Å². The van der Waals surface area contributed by atoms with E-state index in [2.05, 4.69) is 4.72 Å². The number of sulfonamides is 1. The van der Waals surface area contributed by atoms with E-state index in [4.69, 9.17) is 11.1 Å². The van der Waals surface area contributed by atoms with Crippen molar-refractivity contribution >= 4 is 15.9 Å². The van der Waals surface area contributed by atoms with Crippen LogP contribution in [0.3, 0.4) is 0 Å². The molecule has 0 radical (unpaired) electrons. The lowest BCUT2D eigenvalue weighted by atomic mass is 10.1. The Kier molecular flexibility index (Phi) is 4.35. The van der Waals surface area contributed by atoms with Gasteiger partial charge in [-0.2, -0.15) is 0 Å². The lowest BCUT2D eigenvalue weighted by Gasteiger charge is -2.08. The van der Waals surface area contributed by atoms with Gasteiger partial charge in [0, 0.05) is 12.1 Å². The van der Waals surface area contributed by atoms with Gasteiger partial charge in [-0.25, -0.2) is 17.5 Å². The van der Waals surface area contributed by atoms with Gasteiger partial charge in [-0.1, -0.05) is 18.2 Å². The third-order valence-corrected chi connectivity index (χ3v) is 4.25. The number of rotatable bonds is 5. The molecule has 0 aliphatic heterocycles. The van der Waals surface area contributed by atoms with Gasteiger partial charge in [-0.3, -0.25) is 5.41 Å². The van der Waals surface area contributed by atoms with Crippen LogP contribution in [0.4, 0.5) is 4.39 Å². The summed E-state index contributed by atoms with van der Waals surface area (Å²) in [6.45, 7) is 0.0564. The first-order valence-electron chi connectivity index (χ1n) is 6.07. The van der Waals surface area contributed by atoms with Gasteiger partial charge in [0.15, 0.2) is 0 Å². The van der Waals surface area contributed by atoms with Crippen molar-refractivity contribution in [2.24, 2.45) is 5.73 Å². The third-order valence-electron chi connectivity index (χ3n) is 2.83. The second-order valence-electron chi connectivity index (χ2n) is 4.39. The van der Waals surface area contributed by atoms with Gasteiger partial charge in [0.1, 0.15) is 11.7 Å². The monoisotopic (exact) mass is 307 g/mol. The van der Waals surface area contributed by atoms with Crippen LogP contribution in [0.2, 0.25) is 0 Å². The second kappa shape index (κ2) is 6.02. The summed E-state index contributed by atoms with van der Waals surface area (Å²) in [5, 5.41) is 7.35. The minimum Gasteiger partial charge on any atom is -0.384 e. The van der Waals surface area contributed by atoms with Gasteiger partial charge in [0.05, 0.1) is 4.90 Å². The first kappa shape index (κ1) is 15.1. The van der Waals surface area contributed by atoms with Gasteiger partial charge >= 0.3 is 0 Å². The molecule has 0 aliphatic rings. The molecule has 0 saturated heterocycles. The lowest BCUT2D eigenvalue weighted by Crippen LogP contribution is -2.23. The molecule has 5 nitrogen and oxygen atoms in total. The van der Waals surface area contributed by atoms with Crippen LogP contribution < -0.4 is 10.5 Å². The molecule has 110 valence electrons. The first-order valence-corrected chi connectivity index (χ1v) is 7.55. The van der Waals surface area contributed by atoms with E-state index in [1.807, 2.05) is 0 Å². The molecule has 7 heteroatoms. The number of hydrogen-bond donors (Lipinski definition) is 3. The van der Waals surface area contributed by atoms with Crippen LogP contribution in [0.1, 0.15) is 11.1 Å². The Morgan fingerprint density at radius 3 is 2.48 bits per heavy atom. The summed E-state index contributed by atoms with van der Waals surface area (Å²) in [7, 11) is -3.71. The minimum absolute atomic E-state index is 0.00776. The van der Waals surface area contributed by atoms with Gasteiger partial charge in [-0.15, -0.1) is 0 Å². The Morgan fingerprint density at radius 1 is 1.19 bits per heavy atom. The Morgan fingerprint density at radius 2 is 1.86 bits per heavy atom. The van der Waals surface area contributed by atoms with Crippen molar-refractivity contribution in [2.75, 3.05) is 0 Å². The predicted octanol–water partition coefficient (Wildman–Crippen LogP) is 1.59. The normalized spacial score (nSPS) is 11.3. The molecular weight excluding hydrogens is 293 g/mol. The Labute approximate surface area is 122 Å². The quantitative estimate of drug-likeness (QED) is 0.578. The van der Waals surface area contributed by atoms with Crippen molar-refractivity contribution in [3.8, 4) is 0 Å². The summed E-state index contributed by atoms with van der Waals surface area (Å²) >= 11 is 0. The molecule has 0 aromatic heterocycles. The highest BCUT2D eigenvalue weighted by atomic mass is 32.2. The van der Waals surface area contributed by atoms with Crippen molar-refractivity contribution in [1.29, 1.82) is 5.41 Å². The predicted molar refractivity (Wildman–Crippen MR) is 77.9 cm³/mol. The zero-order chi connectivity index (χ0) is 15.5. The number of nitrogens with one attached hydrogen (secondary N) is 2. The van der Waals surface area contributed by atoms with E-state index in [1.165, 1.54) is 12.1 Å². The van der Waals surface area contributed by atoms with Gasteiger partial charge in [0.2, 0.25) is 10.0 Å². The number of benzene rings is 2. The third kappa shape index (κ3) is 3.87. The van der Waals surface area contributed by atoms with Crippen LogP contribution in [0.15, 0.2) is 53.4 Å². The summed E-state index contributed by atoms with van der Waals surface area (Å²) in [4.78, 5) is -0.00776. The fourth-order valence-corrected chi connectivity index (χ4v) is 2.74. The molecule has 2 aromatic carbocycles. The topological polar surface area (TPSA) is 96.0 Å². The molecule has 0 bridgehead atoms. The fraction of sp³-hybridized carbons (Fsp3) is 0.0714. The van der Waals surface area contributed by atoms with E-state index in [0.717, 1.165) is 12.1 Å². The van der Waals surface area contributed by atoms with Crippen LogP contribution >= 0.6 is 0 Å². The van der Waals surface area contributed by atoms with Crippen molar-refractivity contribution in [2.45, 2.75) is 11.4 Å². The average molecular weight is 307 g/mol. The largest absolute Gasteiger partial charge is 0.384 e. The summed E-state index contributed by atoms with van der Waals surface area (Å²) in [5.74, 6) is -0.582.